The number of primary amides is 1. The number of ether oxygens (including phenoxy) is 1. The lowest BCUT2D eigenvalue weighted by molar-refractivity contribution is -0.130. The maximum atomic E-state index is 13.4. The Bertz CT molecular complexity index is 1360. The van der Waals surface area contributed by atoms with Crippen LogP contribution < -0.4 is 16.4 Å². The fourth-order valence-corrected chi connectivity index (χ4v) is 4.91. The van der Waals surface area contributed by atoms with Gasteiger partial charge < -0.3 is 26.0 Å². The molecule has 0 spiro atoms. The molecule has 45 heavy (non-hydrogen) atoms. The van der Waals surface area contributed by atoms with Crippen LogP contribution in [-0.4, -0.2) is 60.0 Å². The lowest BCUT2D eigenvalue weighted by atomic mass is 9.93. The van der Waals surface area contributed by atoms with Crippen LogP contribution in [0.3, 0.4) is 0 Å². The zero-order chi connectivity index (χ0) is 32.7. The van der Waals surface area contributed by atoms with Crippen LogP contribution in [0.15, 0.2) is 91.0 Å². The summed E-state index contributed by atoms with van der Waals surface area (Å²) in [6.45, 7) is 6.13. The normalized spacial score (nSPS) is 12.4. The van der Waals surface area contributed by atoms with Crippen molar-refractivity contribution in [3.05, 3.63) is 108 Å². The Kier molecular flexibility index (Phi) is 13.6. The van der Waals surface area contributed by atoms with Gasteiger partial charge in [0.05, 0.1) is 6.54 Å². The zero-order valence-electron chi connectivity index (χ0n) is 26.5. The van der Waals surface area contributed by atoms with Crippen molar-refractivity contribution in [2.75, 3.05) is 19.6 Å². The number of hydrogen-bond donors (Lipinski definition) is 3. The first-order valence-electron chi connectivity index (χ1n) is 15.5. The molecule has 0 heterocycles. The molecule has 0 radical (unpaired) electrons. The number of rotatable bonds is 16. The lowest BCUT2D eigenvalue weighted by Crippen LogP contribution is -2.49. The summed E-state index contributed by atoms with van der Waals surface area (Å²) in [6.07, 6.45) is 2.07. The quantitative estimate of drug-likeness (QED) is 0.220. The zero-order valence-corrected chi connectivity index (χ0v) is 26.5. The first-order valence-corrected chi connectivity index (χ1v) is 15.5. The van der Waals surface area contributed by atoms with Gasteiger partial charge in [0.25, 0.3) is 0 Å². The van der Waals surface area contributed by atoms with Gasteiger partial charge in [-0.05, 0) is 63.1 Å². The third kappa shape index (κ3) is 13.3. The number of carbonyl (C=O) groups excluding carboxylic acids is 4. The van der Waals surface area contributed by atoms with E-state index in [0.29, 0.717) is 38.8 Å². The highest BCUT2D eigenvalue weighted by Crippen LogP contribution is 2.17. The summed E-state index contributed by atoms with van der Waals surface area (Å²) in [4.78, 5) is 52.9. The van der Waals surface area contributed by atoms with E-state index in [0.717, 1.165) is 16.7 Å². The first-order chi connectivity index (χ1) is 21.5. The minimum absolute atomic E-state index is 0.255. The second-order valence-corrected chi connectivity index (χ2v) is 12.2. The summed E-state index contributed by atoms with van der Waals surface area (Å²) in [6, 6.07) is 28.0. The Morgan fingerprint density at radius 3 is 1.84 bits per heavy atom. The maximum Gasteiger partial charge on any atom is 0.410 e. The number of hydrogen-bond acceptors (Lipinski definition) is 5. The van der Waals surface area contributed by atoms with E-state index < -0.39 is 35.5 Å². The van der Waals surface area contributed by atoms with E-state index in [4.69, 9.17) is 10.5 Å². The Hall–Kier alpha value is -4.66. The van der Waals surface area contributed by atoms with Gasteiger partial charge in [-0.3, -0.25) is 14.4 Å². The van der Waals surface area contributed by atoms with Crippen molar-refractivity contribution in [3.63, 3.8) is 0 Å². The van der Waals surface area contributed by atoms with Crippen LogP contribution in [-0.2, 0) is 38.4 Å². The summed E-state index contributed by atoms with van der Waals surface area (Å²) >= 11 is 0. The molecule has 0 aliphatic rings. The highest BCUT2D eigenvalue weighted by Gasteiger charge is 2.25. The van der Waals surface area contributed by atoms with Crippen LogP contribution in [0.2, 0.25) is 0 Å². The fraction of sp³-hybridized carbons (Fsp3) is 0.389. The molecule has 3 rings (SSSR count). The van der Waals surface area contributed by atoms with E-state index in [1.165, 1.54) is 0 Å². The molecule has 9 nitrogen and oxygen atoms in total. The molecule has 2 unspecified atom stereocenters. The Labute approximate surface area is 266 Å². The summed E-state index contributed by atoms with van der Waals surface area (Å²) in [7, 11) is 0. The van der Waals surface area contributed by atoms with E-state index in [1.54, 1.807) is 4.90 Å². The molecule has 2 atom stereocenters. The smallest absolute Gasteiger partial charge is 0.410 e. The second kappa shape index (κ2) is 17.6. The molecule has 0 bridgehead atoms. The molecule has 3 aromatic carbocycles. The van der Waals surface area contributed by atoms with Gasteiger partial charge >= 0.3 is 6.09 Å². The predicted octanol–water partition coefficient (Wildman–Crippen LogP) is 4.43. The third-order valence-electron chi connectivity index (χ3n) is 7.23. The molecule has 3 aromatic rings. The summed E-state index contributed by atoms with van der Waals surface area (Å²) in [5, 5.41) is 5.38. The van der Waals surface area contributed by atoms with Crippen LogP contribution in [0, 0.1) is 5.92 Å². The number of nitrogens with one attached hydrogen (secondary N) is 2. The first kappa shape index (κ1) is 34.8. The summed E-state index contributed by atoms with van der Waals surface area (Å²) in [5.41, 5.74) is 7.87. The highest BCUT2D eigenvalue weighted by atomic mass is 16.6. The number of amides is 4. The number of benzene rings is 3. The summed E-state index contributed by atoms with van der Waals surface area (Å²) in [5.74, 6) is -1.87. The van der Waals surface area contributed by atoms with Crippen molar-refractivity contribution in [2.45, 2.75) is 64.5 Å². The van der Waals surface area contributed by atoms with Gasteiger partial charge in [0.15, 0.2) is 0 Å². The van der Waals surface area contributed by atoms with Gasteiger partial charge in [-0.2, -0.15) is 0 Å². The van der Waals surface area contributed by atoms with Gasteiger partial charge in [-0.25, -0.2) is 4.79 Å². The van der Waals surface area contributed by atoms with Crippen molar-refractivity contribution >= 4 is 23.8 Å². The molecule has 0 saturated heterocycles. The highest BCUT2D eigenvalue weighted by molar-refractivity contribution is 5.90. The van der Waals surface area contributed by atoms with Crippen LogP contribution in [0.1, 0.15) is 50.3 Å². The Morgan fingerprint density at radius 1 is 0.778 bits per heavy atom. The Balaban J connectivity index is 1.61. The molecule has 0 fully saturated rings. The topological polar surface area (TPSA) is 131 Å². The lowest BCUT2D eigenvalue weighted by Gasteiger charge is -2.28. The molecule has 240 valence electrons. The molecule has 4 N–H and O–H groups in total. The molecule has 0 aliphatic heterocycles. The van der Waals surface area contributed by atoms with E-state index in [1.807, 2.05) is 112 Å². The third-order valence-corrected chi connectivity index (χ3v) is 7.23. The molecule has 0 aromatic heterocycles. The van der Waals surface area contributed by atoms with Crippen molar-refractivity contribution in [1.29, 1.82) is 0 Å². The van der Waals surface area contributed by atoms with Crippen LogP contribution in [0.5, 0.6) is 0 Å². The van der Waals surface area contributed by atoms with Crippen molar-refractivity contribution in [3.8, 4) is 0 Å². The molecular formula is C36H46N4O5. The molecule has 4 amide bonds. The van der Waals surface area contributed by atoms with Gasteiger partial charge in [-0.15, -0.1) is 0 Å². The van der Waals surface area contributed by atoms with Crippen LogP contribution in [0.25, 0.3) is 0 Å². The fourth-order valence-electron chi connectivity index (χ4n) is 4.91. The number of carbonyl (C=O) groups is 4. The van der Waals surface area contributed by atoms with E-state index in [2.05, 4.69) is 10.6 Å². The SMILES string of the molecule is CC(C)(C)OC(=O)N(CCCC(Cc1ccccc1)C(=O)NCC(=O)NC(Cc1ccccc1)C(N)=O)CCc1ccccc1. The predicted molar refractivity (Wildman–Crippen MR) is 175 cm³/mol. The van der Waals surface area contributed by atoms with Crippen molar-refractivity contribution in [1.82, 2.24) is 15.5 Å². The van der Waals surface area contributed by atoms with Crippen molar-refractivity contribution in [2.24, 2.45) is 11.7 Å². The largest absolute Gasteiger partial charge is 0.444 e. The van der Waals surface area contributed by atoms with E-state index in [-0.39, 0.29) is 18.9 Å². The Morgan fingerprint density at radius 2 is 1.31 bits per heavy atom. The number of nitrogens with zero attached hydrogens (tertiary/aromatic N) is 1. The number of nitrogens with two attached hydrogens (primary N) is 1. The minimum Gasteiger partial charge on any atom is -0.444 e. The van der Waals surface area contributed by atoms with Crippen LogP contribution in [0.4, 0.5) is 4.79 Å². The summed E-state index contributed by atoms with van der Waals surface area (Å²) < 4.78 is 5.67. The molecule has 0 aliphatic carbocycles. The van der Waals surface area contributed by atoms with Gasteiger partial charge in [0.2, 0.25) is 17.7 Å². The van der Waals surface area contributed by atoms with Crippen LogP contribution >= 0.6 is 0 Å². The monoisotopic (exact) mass is 614 g/mol. The second-order valence-electron chi connectivity index (χ2n) is 12.2. The molecule has 0 saturated carbocycles. The minimum atomic E-state index is -0.897. The standard InChI is InChI=1S/C36H46N4O5/c1-36(2,3)45-35(44)40(23-21-27-14-7-4-8-15-27)22-13-20-30(24-28-16-9-5-10-17-28)34(43)38-26-32(41)39-31(33(37)42)25-29-18-11-6-12-19-29/h4-12,14-19,30-31H,13,20-26H2,1-3H3,(H2,37,42)(H,38,43)(H,39,41). The van der Waals surface area contributed by atoms with E-state index in [9.17, 15) is 19.2 Å². The average molecular weight is 615 g/mol. The van der Waals surface area contributed by atoms with Crippen molar-refractivity contribution < 1.29 is 23.9 Å². The van der Waals surface area contributed by atoms with Gasteiger partial charge in [0.1, 0.15) is 11.6 Å². The molecular weight excluding hydrogens is 568 g/mol. The molecule has 9 heteroatoms. The maximum absolute atomic E-state index is 13.4. The van der Waals surface area contributed by atoms with Gasteiger partial charge in [0, 0.05) is 25.4 Å². The van der Waals surface area contributed by atoms with E-state index >= 15 is 0 Å². The average Bonchev–Trinajstić information content (AvgIpc) is 3.01. The van der Waals surface area contributed by atoms with Gasteiger partial charge in [-0.1, -0.05) is 91.0 Å².